The minimum absolute atomic E-state index is 0.159. The molecule has 3 aromatic rings. The maximum atomic E-state index is 13.0. The molecule has 0 radical (unpaired) electrons. The van der Waals surface area contributed by atoms with Crippen LogP contribution in [0.1, 0.15) is 41.7 Å². The Morgan fingerprint density at radius 3 is 2.87 bits per heavy atom. The first kappa shape index (κ1) is 20.2. The molecule has 0 spiro atoms. The van der Waals surface area contributed by atoms with Crippen molar-refractivity contribution in [3.8, 4) is 0 Å². The fourth-order valence-corrected chi connectivity index (χ4v) is 4.75. The Bertz CT molecular complexity index is 1080. The molecule has 1 aliphatic heterocycles. The molecule has 2 aromatic heterocycles. The summed E-state index contributed by atoms with van der Waals surface area (Å²) >= 11 is 0. The smallest absolute Gasteiger partial charge is 0.242 e. The number of carbonyl (C=O) groups excluding carboxylic acids is 1. The first-order valence-electron chi connectivity index (χ1n) is 11.3. The zero-order valence-electron chi connectivity index (χ0n) is 18.1. The van der Waals surface area contributed by atoms with Crippen LogP contribution in [0, 0.1) is 6.92 Å². The summed E-state index contributed by atoms with van der Waals surface area (Å²) in [5, 5.41) is 7.00. The topological polar surface area (TPSA) is 75.1 Å². The van der Waals surface area contributed by atoms with Gasteiger partial charge in [0.15, 0.2) is 0 Å². The zero-order valence-corrected chi connectivity index (χ0v) is 18.1. The molecule has 1 saturated heterocycles. The van der Waals surface area contributed by atoms with Crippen molar-refractivity contribution in [2.75, 3.05) is 26.2 Å². The average molecular weight is 419 g/mol. The molecule has 2 aliphatic rings. The van der Waals surface area contributed by atoms with Crippen LogP contribution in [0.5, 0.6) is 0 Å². The third-order valence-corrected chi connectivity index (χ3v) is 6.42. The van der Waals surface area contributed by atoms with Crippen LogP contribution in [0.15, 0.2) is 36.4 Å². The number of pyridine rings is 1. The number of benzene rings is 1. The van der Waals surface area contributed by atoms with Crippen LogP contribution in [0.25, 0.3) is 11.0 Å². The normalized spacial score (nSPS) is 18.9. The van der Waals surface area contributed by atoms with Crippen molar-refractivity contribution in [3.63, 3.8) is 0 Å². The van der Waals surface area contributed by atoms with Crippen molar-refractivity contribution < 1.29 is 4.79 Å². The van der Waals surface area contributed by atoms with E-state index in [1.165, 1.54) is 11.3 Å². The van der Waals surface area contributed by atoms with E-state index in [2.05, 4.69) is 33.4 Å². The summed E-state index contributed by atoms with van der Waals surface area (Å²) in [6, 6.07) is 12.6. The van der Waals surface area contributed by atoms with Crippen LogP contribution in [0.3, 0.4) is 0 Å². The van der Waals surface area contributed by atoms with Gasteiger partial charge in [0.2, 0.25) is 5.91 Å². The number of nitrogens with zero attached hydrogens (tertiary/aromatic N) is 4. The number of amides is 1. The first-order valence-corrected chi connectivity index (χ1v) is 11.3. The van der Waals surface area contributed by atoms with Crippen LogP contribution < -0.4 is 10.6 Å². The minimum Gasteiger partial charge on any atom is -0.339 e. The molecule has 1 amide bonds. The van der Waals surface area contributed by atoms with E-state index in [9.17, 15) is 4.79 Å². The molecular weight excluding hydrogens is 388 g/mol. The Labute approximate surface area is 182 Å². The highest BCUT2D eigenvalue weighted by Crippen LogP contribution is 2.29. The van der Waals surface area contributed by atoms with Crippen molar-refractivity contribution in [2.45, 2.75) is 45.3 Å². The number of para-hydroxylation sites is 2. The molecule has 162 valence electrons. The van der Waals surface area contributed by atoms with Crippen LogP contribution >= 0.6 is 0 Å². The summed E-state index contributed by atoms with van der Waals surface area (Å²) in [4.78, 5) is 24.6. The van der Waals surface area contributed by atoms with Gasteiger partial charge in [-0.3, -0.25) is 9.78 Å². The molecule has 0 saturated carbocycles. The fraction of sp³-hybridized carbons (Fsp3) is 0.458. The summed E-state index contributed by atoms with van der Waals surface area (Å²) in [6.07, 6.45) is 3.33. The molecule has 5 rings (SSSR count). The highest BCUT2D eigenvalue weighted by atomic mass is 16.2. The number of imidazole rings is 1. The Morgan fingerprint density at radius 2 is 2.00 bits per heavy atom. The number of rotatable bonds is 5. The van der Waals surface area contributed by atoms with Crippen LogP contribution in [0.4, 0.5) is 0 Å². The maximum absolute atomic E-state index is 13.0. The summed E-state index contributed by atoms with van der Waals surface area (Å²) < 4.78 is 2.08. The number of carbonyl (C=O) groups is 1. The third-order valence-electron chi connectivity index (χ3n) is 6.42. The van der Waals surface area contributed by atoms with Crippen molar-refractivity contribution in [1.29, 1.82) is 0 Å². The van der Waals surface area contributed by atoms with Gasteiger partial charge in [0, 0.05) is 31.9 Å². The van der Waals surface area contributed by atoms with Crippen LogP contribution in [-0.2, 0) is 24.3 Å². The standard InChI is InChI=1S/C24H30N6O/c1-17-9-10-18-5-4-7-20(24(18)27-17)26-15-22-28-19-6-2-3-8-21(19)30(22)16-23(31)29-13-11-25-12-14-29/h2-3,6,8-10,20,25-26H,4-5,7,11-16H2,1H3. The van der Waals surface area contributed by atoms with E-state index in [0.717, 1.165) is 68.0 Å². The second kappa shape index (κ2) is 8.77. The van der Waals surface area contributed by atoms with E-state index in [1.54, 1.807) is 0 Å². The van der Waals surface area contributed by atoms with Gasteiger partial charge < -0.3 is 20.1 Å². The van der Waals surface area contributed by atoms with Gasteiger partial charge in [-0.2, -0.15) is 0 Å². The van der Waals surface area contributed by atoms with Gasteiger partial charge in [0.05, 0.1) is 29.3 Å². The summed E-state index contributed by atoms with van der Waals surface area (Å²) in [6.45, 7) is 6.25. The lowest BCUT2D eigenvalue weighted by Crippen LogP contribution is -2.47. The lowest BCUT2D eigenvalue weighted by Gasteiger charge is -2.28. The van der Waals surface area contributed by atoms with Gasteiger partial charge in [0.25, 0.3) is 0 Å². The van der Waals surface area contributed by atoms with E-state index >= 15 is 0 Å². The maximum Gasteiger partial charge on any atom is 0.242 e. The molecule has 0 bridgehead atoms. The van der Waals surface area contributed by atoms with Crippen molar-refractivity contribution in [3.05, 3.63) is 59.2 Å². The van der Waals surface area contributed by atoms with E-state index in [1.807, 2.05) is 30.0 Å². The summed E-state index contributed by atoms with van der Waals surface area (Å²) in [5.41, 5.74) is 5.52. The Morgan fingerprint density at radius 1 is 1.16 bits per heavy atom. The Balaban J connectivity index is 1.38. The number of hydrogen-bond acceptors (Lipinski definition) is 5. The molecular formula is C24H30N6O. The van der Waals surface area contributed by atoms with E-state index in [0.29, 0.717) is 13.1 Å². The molecule has 7 heteroatoms. The molecule has 1 aliphatic carbocycles. The highest BCUT2D eigenvalue weighted by Gasteiger charge is 2.23. The second-order valence-corrected chi connectivity index (χ2v) is 8.56. The molecule has 1 atom stereocenters. The molecule has 1 aromatic carbocycles. The highest BCUT2D eigenvalue weighted by molar-refractivity contribution is 5.81. The van der Waals surface area contributed by atoms with Crippen molar-refractivity contribution in [1.82, 2.24) is 30.1 Å². The monoisotopic (exact) mass is 418 g/mol. The predicted molar refractivity (Wildman–Crippen MR) is 121 cm³/mol. The molecule has 1 fully saturated rings. The van der Waals surface area contributed by atoms with E-state index in [4.69, 9.17) is 9.97 Å². The Hall–Kier alpha value is -2.77. The van der Waals surface area contributed by atoms with E-state index in [-0.39, 0.29) is 11.9 Å². The molecule has 1 unspecified atom stereocenters. The fourth-order valence-electron chi connectivity index (χ4n) is 4.75. The first-order chi connectivity index (χ1) is 15.2. The molecule has 7 nitrogen and oxygen atoms in total. The second-order valence-electron chi connectivity index (χ2n) is 8.56. The zero-order chi connectivity index (χ0) is 21.2. The Kier molecular flexibility index (Phi) is 5.70. The lowest BCUT2D eigenvalue weighted by molar-refractivity contribution is -0.132. The van der Waals surface area contributed by atoms with Crippen molar-refractivity contribution in [2.24, 2.45) is 0 Å². The largest absolute Gasteiger partial charge is 0.339 e. The summed E-state index contributed by atoms with van der Waals surface area (Å²) in [7, 11) is 0. The minimum atomic E-state index is 0.159. The van der Waals surface area contributed by atoms with Gasteiger partial charge in [-0.25, -0.2) is 4.98 Å². The SMILES string of the molecule is Cc1ccc2c(n1)C(NCc1nc3ccccc3n1CC(=O)N1CCNCC1)CCC2. The average Bonchev–Trinajstić information content (AvgIpc) is 3.15. The van der Waals surface area contributed by atoms with Crippen molar-refractivity contribution >= 4 is 16.9 Å². The van der Waals surface area contributed by atoms with Gasteiger partial charge in [-0.05, 0) is 49.9 Å². The van der Waals surface area contributed by atoms with E-state index < -0.39 is 0 Å². The lowest BCUT2D eigenvalue weighted by atomic mass is 9.91. The number of piperazine rings is 1. The number of nitrogens with one attached hydrogen (secondary N) is 2. The van der Waals surface area contributed by atoms with Gasteiger partial charge in [-0.15, -0.1) is 0 Å². The number of fused-ring (bicyclic) bond motifs is 2. The summed E-state index contributed by atoms with van der Waals surface area (Å²) in [5.74, 6) is 1.07. The van der Waals surface area contributed by atoms with Gasteiger partial charge in [0.1, 0.15) is 12.4 Å². The van der Waals surface area contributed by atoms with Gasteiger partial charge >= 0.3 is 0 Å². The number of aryl methyl sites for hydroxylation is 2. The molecule has 3 heterocycles. The predicted octanol–water partition coefficient (Wildman–Crippen LogP) is 2.34. The van der Waals surface area contributed by atoms with Crippen LogP contribution in [-0.4, -0.2) is 51.5 Å². The van der Waals surface area contributed by atoms with Gasteiger partial charge in [-0.1, -0.05) is 18.2 Å². The quantitative estimate of drug-likeness (QED) is 0.665. The number of hydrogen-bond donors (Lipinski definition) is 2. The molecule has 2 N–H and O–H groups in total. The number of aromatic nitrogens is 3. The third kappa shape index (κ3) is 4.20. The van der Waals surface area contributed by atoms with Crippen LogP contribution in [0.2, 0.25) is 0 Å². The molecule has 31 heavy (non-hydrogen) atoms.